The van der Waals surface area contributed by atoms with Crippen LogP contribution in [0, 0.1) is 13.8 Å². The van der Waals surface area contributed by atoms with Crippen LogP contribution in [0.15, 0.2) is 47.8 Å². The minimum absolute atomic E-state index is 0.0678. The van der Waals surface area contributed by atoms with Crippen LogP contribution in [0.25, 0.3) is 11.3 Å². The van der Waals surface area contributed by atoms with Crippen LogP contribution in [0.1, 0.15) is 34.7 Å². The average molecular weight is 399 g/mol. The fourth-order valence-corrected chi connectivity index (χ4v) is 4.27. The van der Waals surface area contributed by atoms with Gasteiger partial charge in [0.05, 0.1) is 30.3 Å². The summed E-state index contributed by atoms with van der Waals surface area (Å²) in [5, 5.41) is 0.619. The van der Waals surface area contributed by atoms with Crippen molar-refractivity contribution in [2.45, 2.75) is 32.0 Å². The molecule has 0 bridgehead atoms. The largest absolute Gasteiger partial charge is 0.383 e. The number of hydrogen-bond acceptors (Lipinski definition) is 5. The Morgan fingerprint density at radius 3 is 2.68 bits per heavy atom. The van der Waals surface area contributed by atoms with Gasteiger partial charge in [-0.3, -0.25) is 4.79 Å². The lowest BCUT2D eigenvalue weighted by molar-refractivity contribution is 0.102. The number of nitrogen functional groups attached to an aromatic ring is 1. The van der Waals surface area contributed by atoms with E-state index >= 15 is 0 Å². The third kappa shape index (κ3) is 4.15. The number of nitrogens with zero attached hydrogens (tertiary/aromatic N) is 3. The van der Waals surface area contributed by atoms with Gasteiger partial charge in [0.25, 0.3) is 0 Å². The Morgan fingerprint density at radius 2 is 2.00 bits per heavy atom. The molecule has 6 nitrogen and oxygen atoms in total. The van der Waals surface area contributed by atoms with E-state index in [1.54, 1.807) is 13.3 Å². The van der Waals surface area contributed by atoms with Crippen molar-refractivity contribution in [3.8, 4) is 11.3 Å². The quantitative estimate of drug-likeness (QED) is 0.354. The molecule has 2 heterocycles. The molecule has 0 spiro atoms. The van der Waals surface area contributed by atoms with Gasteiger partial charge < -0.3 is 15.1 Å². The zero-order valence-corrected chi connectivity index (χ0v) is 17.5. The highest BCUT2D eigenvalue weighted by Crippen LogP contribution is 2.26. The number of methoxy groups -OCH3 is 1. The third-order valence-electron chi connectivity index (χ3n) is 4.73. The molecule has 2 N–H and O–H groups in total. The van der Waals surface area contributed by atoms with Gasteiger partial charge in [-0.2, -0.15) is 0 Å². The van der Waals surface area contributed by atoms with E-state index < -0.39 is 0 Å². The summed E-state index contributed by atoms with van der Waals surface area (Å²) in [6, 6.07) is 12.0. The van der Waals surface area contributed by atoms with E-state index in [2.05, 4.69) is 16.5 Å². The zero-order chi connectivity index (χ0) is 20.3. The molecule has 0 aliphatic rings. The number of ether oxygens (including phenoxy) is 1. The van der Waals surface area contributed by atoms with E-state index in [9.17, 15) is 4.79 Å². The number of hydrogen-bond donors (Lipinski definition) is 1. The van der Waals surface area contributed by atoms with Crippen molar-refractivity contribution in [2.75, 3.05) is 25.3 Å². The van der Waals surface area contributed by atoms with Crippen LogP contribution in [0.5, 0.6) is 0 Å². The first kappa shape index (κ1) is 20.2. The van der Waals surface area contributed by atoms with Gasteiger partial charge >= 0.3 is 0 Å². The highest BCUT2D eigenvalue weighted by atomic mass is 32.2. The van der Waals surface area contributed by atoms with Crippen LogP contribution >= 0.6 is 11.8 Å². The predicted molar refractivity (Wildman–Crippen MR) is 113 cm³/mol. The summed E-state index contributed by atoms with van der Waals surface area (Å²) in [5.74, 6) is 6.39. The molecule has 0 aliphatic heterocycles. The maximum atomic E-state index is 12.8. The Hall–Kier alpha value is -2.51. The summed E-state index contributed by atoms with van der Waals surface area (Å²) in [6.45, 7) is 6.69. The second-order valence-electron chi connectivity index (χ2n) is 6.85. The molecular weight excluding hydrogens is 372 g/mol. The Labute approximate surface area is 169 Å². The lowest BCUT2D eigenvalue weighted by Gasteiger charge is -2.17. The topological polar surface area (TPSA) is 75.1 Å². The number of rotatable bonds is 8. The lowest BCUT2D eigenvalue weighted by atomic mass is 10.2. The molecule has 28 heavy (non-hydrogen) atoms. The van der Waals surface area contributed by atoms with Gasteiger partial charge in [0.1, 0.15) is 0 Å². The van der Waals surface area contributed by atoms with E-state index in [-0.39, 0.29) is 17.6 Å². The maximum absolute atomic E-state index is 12.8. The average Bonchev–Trinajstić information content (AvgIpc) is 3.20. The fraction of sp³-hybridized carbons (Fsp3) is 0.333. The lowest BCUT2D eigenvalue weighted by Crippen LogP contribution is -2.15. The Morgan fingerprint density at radius 1 is 1.29 bits per heavy atom. The molecule has 0 saturated carbocycles. The highest BCUT2D eigenvalue weighted by Gasteiger charge is 2.20. The standard InChI is InChI=1S/C21H26N4O2S/c1-14-10-18(16(3)25(14)15(2)12-27-4)20(26)13-28-21-23-19(11-24(21)22)17-8-6-5-7-9-17/h5-11,15H,12-13,22H2,1-4H3. The number of imidazole rings is 1. The summed E-state index contributed by atoms with van der Waals surface area (Å²) in [5.41, 5.74) is 4.56. The number of aromatic nitrogens is 3. The molecule has 7 heteroatoms. The minimum Gasteiger partial charge on any atom is -0.383 e. The van der Waals surface area contributed by atoms with Crippen molar-refractivity contribution in [3.63, 3.8) is 0 Å². The SMILES string of the molecule is COCC(C)n1c(C)cc(C(=O)CSc2nc(-c3ccccc3)cn2N)c1C. The second kappa shape index (κ2) is 8.67. The number of nitrogens with two attached hydrogens (primary N) is 1. The van der Waals surface area contributed by atoms with Crippen molar-refractivity contribution < 1.29 is 9.53 Å². The molecule has 1 aromatic carbocycles. The van der Waals surface area contributed by atoms with Crippen LogP contribution in [-0.2, 0) is 4.74 Å². The summed E-state index contributed by atoms with van der Waals surface area (Å²) < 4.78 is 8.89. The Kier molecular flexibility index (Phi) is 6.26. The third-order valence-corrected chi connectivity index (χ3v) is 5.70. The van der Waals surface area contributed by atoms with E-state index in [0.29, 0.717) is 11.8 Å². The fourth-order valence-electron chi connectivity index (χ4n) is 3.49. The Balaban J connectivity index is 1.73. The highest BCUT2D eigenvalue weighted by molar-refractivity contribution is 7.99. The smallest absolute Gasteiger partial charge is 0.187 e. The van der Waals surface area contributed by atoms with Gasteiger partial charge in [0.15, 0.2) is 10.9 Å². The maximum Gasteiger partial charge on any atom is 0.187 e. The van der Waals surface area contributed by atoms with Crippen molar-refractivity contribution in [3.05, 3.63) is 59.5 Å². The zero-order valence-electron chi connectivity index (χ0n) is 16.7. The number of thioether (sulfide) groups is 1. The van der Waals surface area contributed by atoms with E-state index in [0.717, 1.165) is 28.2 Å². The van der Waals surface area contributed by atoms with Crippen LogP contribution < -0.4 is 5.84 Å². The van der Waals surface area contributed by atoms with Gasteiger partial charge in [-0.25, -0.2) is 9.66 Å². The number of carbonyl (C=O) groups excluding carboxylic acids is 1. The first-order valence-electron chi connectivity index (χ1n) is 9.15. The van der Waals surface area contributed by atoms with Gasteiger partial charge in [-0.15, -0.1) is 0 Å². The van der Waals surface area contributed by atoms with Gasteiger partial charge in [-0.1, -0.05) is 42.1 Å². The van der Waals surface area contributed by atoms with Gasteiger partial charge in [-0.05, 0) is 26.8 Å². The number of aryl methyl sites for hydroxylation is 1. The van der Waals surface area contributed by atoms with Crippen LogP contribution in [-0.4, -0.2) is 39.5 Å². The minimum atomic E-state index is 0.0678. The molecule has 0 amide bonds. The predicted octanol–water partition coefficient (Wildman–Crippen LogP) is 3.86. The summed E-state index contributed by atoms with van der Waals surface area (Å²) in [4.78, 5) is 17.4. The van der Waals surface area contributed by atoms with E-state index in [1.807, 2.05) is 50.2 Å². The summed E-state index contributed by atoms with van der Waals surface area (Å²) >= 11 is 1.35. The van der Waals surface area contributed by atoms with Crippen LogP contribution in [0.4, 0.5) is 0 Å². The number of benzene rings is 1. The number of Topliss-reactive ketones (excluding diaryl/α,β-unsaturated/α-hetero) is 1. The van der Waals surface area contributed by atoms with Gasteiger partial charge in [0, 0.05) is 29.6 Å². The summed E-state index contributed by atoms with van der Waals surface area (Å²) in [6.07, 6.45) is 1.78. The number of carbonyl (C=O) groups is 1. The monoisotopic (exact) mass is 398 g/mol. The first-order valence-corrected chi connectivity index (χ1v) is 10.1. The van der Waals surface area contributed by atoms with E-state index in [4.69, 9.17) is 10.6 Å². The van der Waals surface area contributed by atoms with Crippen molar-refractivity contribution in [1.82, 2.24) is 14.2 Å². The van der Waals surface area contributed by atoms with Crippen LogP contribution in [0.2, 0.25) is 0 Å². The molecular formula is C21H26N4O2S. The summed E-state index contributed by atoms with van der Waals surface area (Å²) in [7, 11) is 1.69. The molecule has 0 saturated heterocycles. The Bertz CT molecular complexity index is 962. The van der Waals surface area contributed by atoms with Crippen molar-refractivity contribution >= 4 is 17.5 Å². The molecule has 1 atom stereocenters. The molecule has 148 valence electrons. The molecule has 0 aliphatic carbocycles. The molecule has 3 aromatic rings. The van der Waals surface area contributed by atoms with Crippen molar-refractivity contribution in [1.29, 1.82) is 0 Å². The molecule has 1 unspecified atom stereocenters. The normalized spacial score (nSPS) is 12.3. The first-order chi connectivity index (χ1) is 13.4. The molecule has 0 radical (unpaired) electrons. The molecule has 2 aromatic heterocycles. The number of ketones is 1. The second-order valence-corrected chi connectivity index (χ2v) is 7.80. The van der Waals surface area contributed by atoms with Crippen LogP contribution in [0.3, 0.4) is 0 Å². The van der Waals surface area contributed by atoms with Crippen molar-refractivity contribution in [2.24, 2.45) is 0 Å². The van der Waals surface area contributed by atoms with E-state index in [1.165, 1.54) is 16.4 Å². The van der Waals surface area contributed by atoms with Gasteiger partial charge in [0.2, 0.25) is 0 Å². The molecule has 0 fully saturated rings. The molecule has 3 rings (SSSR count).